The number of aromatic nitrogens is 1. The molecule has 0 amide bonds. The minimum absolute atomic E-state index is 0.314. The van der Waals surface area contributed by atoms with E-state index >= 15 is 0 Å². The van der Waals surface area contributed by atoms with Crippen LogP contribution in [0.3, 0.4) is 0 Å². The Morgan fingerprint density at radius 2 is 2.00 bits per heavy atom. The van der Waals surface area contributed by atoms with Crippen molar-refractivity contribution < 1.29 is 9.53 Å². The number of nitrogens with one attached hydrogen (secondary N) is 1. The van der Waals surface area contributed by atoms with Crippen molar-refractivity contribution in [3.05, 3.63) is 48.3 Å². The Morgan fingerprint density at radius 3 is 2.69 bits per heavy atom. The second-order valence-electron chi connectivity index (χ2n) is 3.35. The molecule has 0 aliphatic heterocycles. The molecule has 1 aromatic carbocycles. The topological polar surface area (TPSA) is 42.1 Å². The molecule has 0 aliphatic rings. The minimum atomic E-state index is -0.314. The van der Waals surface area contributed by atoms with Gasteiger partial charge in [-0.2, -0.15) is 0 Å². The Labute approximate surface area is 94.1 Å². The van der Waals surface area contributed by atoms with Crippen molar-refractivity contribution in [3.8, 4) is 11.1 Å². The standard InChI is InChI=1S/C13H13NO2/c1-2-16-13(15)12-11(8-9-14-12)10-6-4-3-5-7-10/h3-9,14H,2H2,1H3. The first-order chi connectivity index (χ1) is 7.83. The van der Waals surface area contributed by atoms with Crippen LogP contribution >= 0.6 is 0 Å². The number of carbonyl (C=O) groups excluding carboxylic acids is 1. The number of benzene rings is 1. The van der Waals surface area contributed by atoms with Gasteiger partial charge < -0.3 is 9.72 Å². The van der Waals surface area contributed by atoms with E-state index in [9.17, 15) is 4.79 Å². The SMILES string of the molecule is CCOC(=O)c1[nH]ccc1-c1ccccc1. The quantitative estimate of drug-likeness (QED) is 0.800. The molecule has 0 radical (unpaired) electrons. The van der Waals surface area contributed by atoms with Gasteiger partial charge in [0.2, 0.25) is 0 Å². The number of hydrogen-bond acceptors (Lipinski definition) is 2. The van der Waals surface area contributed by atoms with Crippen LogP contribution < -0.4 is 0 Å². The first-order valence-corrected chi connectivity index (χ1v) is 5.23. The van der Waals surface area contributed by atoms with Crippen molar-refractivity contribution in [2.24, 2.45) is 0 Å². The maximum Gasteiger partial charge on any atom is 0.355 e. The molecule has 1 aromatic heterocycles. The van der Waals surface area contributed by atoms with E-state index in [-0.39, 0.29) is 5.97 Å². The van der Waals surface area contributed by atoms with E-state index < -0.39 is 0 Å². The van der Waals surface area contributed by atoms with Crippen molar-refractivity contribution in [1.82, 2.24) is 4.98 Å². The van der Waals surface area contributed by atoms with Gasteiger partial charge >= 0.3 is 5.97 Å². The summed E-state index contributed by atoms with van der Waals surface area (Å²) in [7, 11) is 0. The van der Waals surface area contributed by atoms with E-state index in [0.29, 0.717) is 12.3 Å². The van der Waals surface area contributed by atoms with Gasteiger partial charge in [-0.05, 0) is 18.6 Å². The number of carbonyl (C=O) groups is 1. The molecule has 2 rings (SSSR count). The molecule has 0 fully saturated rings. The highest BCUT2D eigenvalue weighted by Crippen LogP contribution is 2.23. The maximum atomic E-state index is 11.6. The third-order valence-electron chi connectivity index (χ3n) is 2.31. The third kappa shape index (κ3) is 1.98. The van der Waals surface area contributed by atoms with Crippen molar-refractivity contribution in [1.29, 1.82) is 0 Å². The Balaban J connectivity index is 2.37. The average molecular weight is 215 g/mol. The normalized spacial score (nSPS) is 10.1. The molecule has 82 valence electrons. The van der Waals surface area contributed by atoms with Crippen molar-refractivity contribution >= 4 is 5.97 Å². The summed E-state index contributed by atoms with van der Waals surface area (Å²) < 4.78 is 4.98. The Kier molecular flexibility index (Phi) is 3.05. The lowest BCUT2D eigenvalue weighted by atomic mass is 10.1. The monoisotopic (exact) mass is 215 g/mol. The fourth-order valence-corrected chi connectivity index (χ4v) is 1.60. The zero-order valence-corrected chi connectivity index (χ0v) is 9.07. The maximum absolute atomic E-state index is 11.6. The summed E-state index contributed by atoms with van der Waals surface area (Å²) in [6, 6.07) is 11.6. The summed E-state index contributed by atoms with van der Waals surface area (Å²) in [6.07, 6.45) is 1.74. The van der Waals surface area contributed by atoms with Gasteiger partial charge in [0.1, 0.15) is 5.69 Å². The van der Waals surface area contributed by atoms with Crippen LogP contribution in [0.5, 0.6) is 0 Å². The van der Waals surface area contributed by atoms with E-state index in [4.69, 9.17) is 4.74 Å². The Hall–Kier alpha value is -2.03. The lowest BCUT2D eigenvalue weighted by Gasteiger charge is -2.03. The zero-order valence-electron chi connectivity index (χ0n) is 9.07. The molecule has 3 heteroatoms. The molecular formula is C13H13NO2. The van der Waals surface area contributed by atoms with Gasteiger partial charge in [0, 0.05) is 11.8 Å². The molecule has 1 N–H and O–H groups in total. The summed E-state index contributed by atoms with van der Waals surface area (Å²) in [6.45, 7) is 2.18. The minimum Gasteiger partial charge on any atom is -0.461 e. The van der Waals surface area contributed by atoms with Crippen LogP contribution in [-0.4, -0.2) is 17.6 Å². The molecule has 0 aliphatic carbocycles. The number of rotatable bonds is 3. The van der Waals surface area contributed by atoms with E-state index in [0.717, 1.165) is 11.1 Å². The number of hydrogen-bond donors (Lipinski definition) is 1. The van der Waals surface area contributed by atoms with E-state index in [1.807, 2.05) is 36.4 Å². The van der Waals surface area contributed by atoms with E-state index in [2.05, 4.69) is 4.98 Å². The van der Waals surface area contributed by atoms with Gasteiger partial charge in [0.25, 0.3) is 0 Å². The second kappa shape index (κ2) is 4.66. The Bertz CT molecular complexity index is 474. The summed E-state index contributed by atoms with van der Waals surface area (Å²) >= 11 is 0. The second-order valence-corrected chi connectivity index (χ2v) is 3.35. The highest BCUT2D eigenvalue weighted by atomic mass is 16.5. The fourth-order valence-electron chi connectivity index (χ4n) is 1.60. The fraction of sp³-hybridized carbons (Fsp3) is 0.154. The predicted octanol–water partition coefficient (Wildman–Crippen LogP) is 2.86. The number of ether oxygens (including phenoxy) is 1. The third-order valence-corrected chi connectivity index (χ3v) is 2.31. The van der Waals surface area contributed by atoms with Gasteiger partial charge in [0.05, 0.1) is 6.61 Å². The van der Waals surface area contributed by atoms with Crippen LogP contribution in [0.2, 0.25) is 0 Å². The average Bonchev–Trinajstić information content (AvgIpc) is 2.79. The summed E-state index contributed by atoms with van der Waals surface area (Å²) in [5, 5.41) is 0. The molecule has 0 unspecified atom stereocenters. The van der Waals surface area contributed by atoms with Crippen molar-refractivity contribution in [2.45, 2.75) is 6.92 Å². The van der Waals surface area contributed by atoms with E-state index in [1.165, 1.54) is 0 Å². The van der Waals surface area contributed by atoms with Gasteiger partial charge in [-0.1, -0.05) is 30.3 Å². The van der Waals surface area contributed by atoms with E-state index in [1.54, 1.807) is 13.1 Å². The summed E-state index contributed by atoms with van der Waals surface area (Å²) in [4.78, 5) is 14.6. The molecule has 2 aromatic rings. The van der Waals surface area contributed by atoms with Crippen LogP contribution in [0.25, 0.3) is 11.1 Å². The number of aromatic amines is 1. The molecule has 0 bridgehead atoms. The molecule has 0 saturated carbocycles. The smallest absolute Gasteiger partial charge is 0.355 e. The van der Waals surface area contributed by atoms with Gasteiger partial charge in [-0.3, -0.25) is 0 Å². The van der Waals surface area contributed by atoms with Crippen molar-refractivity contribution in [3.63, 3.8) is 0 Å². The molecule has 0 spiro atoms. The van der Waals surface area contributed by atoms with Gasteiger partial charge in [-0.25, -0.2) is 4.79 Å². The molecule has 16 heavy (non-hydrogen) atoms. The first-order valence-electron chi connectivity index (χ1n) is 5.23. The molecular weight excluding hydrogens is 202 g/mol. The van der Waals surface area contributed by atoms with Gasteiger partial charge in [-0.15, -0.1) is 0 Å². The van der Waals surface area contributed by atoms with Crippen LogP contribution in [0.15, 0.2) is 42.6 Å². The van der Waals surface area contributed by atoms with Crippen LogP contribution in [0, 0.1) is 0 Å². The number of esters is 1. The summed E-state index contributed by atoms with van der Waals surface area (Å²) in [5.74, 6) is -0.314. The van der Waals surface area contributed by atoms with Crippen molar-refractivity contribution in [2.75, 3.05) is 6.61 Å². The lowest BCUT2D eigenvalue weighted by molar-refractivity contribution is 0.0521. The molecule has 0 atom stereocenters. The first kappa shape index (κ1) is 10.5. The highest BCUT2D eigenvalue weighted by molar-refractivity contribution is 5.95. The summed E-state index contributed by atoms with van der Waals surface area (Å²) in [5.41, 5.74) is 2.39. The highest BCUT2D eigenvalue weighted by Gasteiger charge is 2.14. The largest absolute Gasteiger partial charge is 0.461 e. The predicted molar refractivity (Wildman–Crippen MR) is 62.2 cm³/mol. The zero-order chi connectivity index (χ0) is 11.4. The number of H-pyrrole nitrogens is 1. The molecule has 0 saturated heterocycles. The van der Waals surface area contributed by atoms with Crippen LogP contribution in [0.1, 0.15) is 17.4 Å². The molecule has 1 heterocycles. The van der Waals surface area contributed by atoms with Crippen LogP contribution in [0.4, 0.5) is 0 Å². The molecule has 3 nitrogen and oxygen atoms in total. The van der Waals surface area contributed by atoms with Crippen LogP contribution in [-0.2, 0) is 4.74 Å². The lowest BCUT2D eigenvalue weighted by Crippen LogP contribution is -2.06. The Morgan fingerprint density at radius 1 is 1.25 bits per heavy atom. The van der Waals surface area contributed by atoms with Gasteiger partial charge in [0.15, 0.2) is 0 Å².